The first-order valence-electron chi connectivity index (χ1n) is 7.22. The SMILES string of the molecule is CN(c1ccc(S(C)(=O)=O)cc1N)C1CCCCCC1. The third-order valence-corrected chi connectivity index (χ3v) is 5.29. The van der Waals surface area contributed by atoms with Gasteiger partial charge in [-0.3, -0.25) is 0 Å². The van der Waals surface area contributed by atoms with Crippen molar-refractivity contribution in [2.45, 2.75) is 49.5 Å². The minimum atomic E-state index is -3.20. The van der Waals surface area contributed by atoms with Gasteiger partial charge < -0.3 is 10.6 Å². The summed E-state index contributed by atoms with van der Waals surface area (Å²) in [5.41, 5.74) is 7.53. The van der Waals surface area contributed by atoms with Crippen LogP contribution in [0.3, 0.4) is 0 Å². The van der Waals surface area contributed by atoms with Crippen LogP contribution in [0.25, 0.3) is 0 Å². The smallest absolute Gasteiger partial charge is 0.175 e. The fraction of sp³-hybridized carbons (Fsp3) is 0.600. The highest BCUT2D eigenvalue weighted by Crippen LogP contribution is 2.30. The number of rotatable bonds is 3. The standard InChI is InChI=1S/C15H24N2O2S/c1-17(12-7-5-3-4-6-8-12)15-10-9-13(11-14(15)16)20(2,18)19/h9-12H,3-8,16H2,1-2H3. The van der Waals surface area contributed by atoms with Crippen LogP contribution in [-0.2, 0) is 9.84 Å². The summed E-state index contributed by atoms with van der Waals surface area (Å²) in [6, 6.07) is 5.55. The Bertz CT molecular complexity index is 561. The number of anilines is 2. The molecule has 0 amide bonds. The fourth-order valence-corrected chi connectivity index (χ4v) is 3.58. The highest BCUT2D eigenvalue weighted by Gasteiger charge is 2.19. The lowest BCUT2D eigenvalue weighted by molar-refractivity contribution is 0.553. The van der Waals surface area contributed by atoms with Crippen molar-refractivity contribution in [1.29, 1.82) is 0 Å². The molecule has 0 aliphatic heterocycles. The molecule has 1 aliphatic carbocycles. The Kier molecular flexibility index (Phi) is 4.58. The molecule has 1 fully saturated rings. The van der Waals surface area contributed by atoms with Crippen molar-refractivity contribution in [1.82, 2.24) is 0 Å². The molecule has 5 heteroatoms. The van der Waals surface area contributed by atoms with Crippen LogP contribution in [0.5, 0.6) is 0 Å². The Morgan fingerprint density at radius 3 is 2.25 bits per heavy atom. The topological polar surface area (TPSA) is 63.4 Å². The lowest BCUT2D eigenvalue weighted by Crippen LogP contribution is -2.31. The number of nitrogen functional groups attached to an aromatic ring is 1. The van der Waals surface area contributed by atoms with Gasteiger partial charge in [0.15, 0.2) is 9.84 Å². The van der Waals surface area contributed by atoms with E-state index in [0.717, 1.165) is 5.69 Å². The number of sulfone groups is 1. The minimum absolute atomic E-state index is 0.285. The van der Waals surface area contributed by atoms with Crippen LogP contribution < -0.4 is 10.6 Å². The Hall–Kier alpha value is -1.23. The maximum absolute atomic E-state index is 11.5. The molecule has 4 nitrogen and oxygen atoms in total. The normalized spacial score (nSPS) is 17.7. The van der Waals surface area contributed by atoms with E-state index in [1.54, 1.807) is 12.1 Å². The van der Waals surface area contributed by atoms with Crippen LogP contribution in [0.4, 0.5) is 11.4 Å². The number of benzene rings is 1. The lowest BCUT2D eigenvalue weighted by atomic mass is 10.1. The van der Waals surface area contributed by atoms with Gasteiger partial charge in [-0.05, 0) is 31.0 Å². The number of nitrogens with zero attached hydrogens (tertiary/aromatic N) is 1. The van der Waals surface area contributed by atoms with Gasteiger partial charge in [-0.1, -0.05) is 25.7 Å². The van der Waals surface area contributed by atoms with Gasteiger partial charge in [0.25, 0.3) is 0 Å². The van der Waals surface area contributed by atoms with Crippen molar-refractivity contribution in [3.05, 3.63) is 18.2 Å². The summed E-state index contributed by atoms with van der Waals surface area (Å²) in [5, 5.41) is 0. The summed E-state index contributed by atoms with van der Waals surface area (Å²) in [6.07, 6.45) is 8.72. The first-order chi connectivity index (χ1) is 9.39. The van der Waals surface area contributed by atoms with Gasteiger partial charge in [0, 0.05) is 19.3 Å². The van der Waals surface area contributed by atoms with Crippen molar-refractivity contribution in [2.24, 2.45) is 0 Å². The molecule has 0 heterocycles. The van der Waals surface area contributed by atoms with Gasteiger partial charge in [-0.25, -0.2) is 8.42 Å². The largest absolute Gasteiger partial charge is 0.397 e. The number of hydrogen-bond donors (Lipinski definition) is 1. The average Bonchev–Trinajstić information content (AvgIpc) is 2.65. The maximum atomic E-state index is 11.5. The monoisotopic (exact) mass is 296 g/mol. The molecule has 1 saturated carbocycles. The third-order valence-electron chi connectivity index (χ3n) is 4.18. The minimum Gasteiger partial charge on any atom is -0.397 e. The fourth-order valence-electron chi connectivity index (χ4n) is 2.93. The third kappa shape index (κ3) is 3.45. The Morgan fingerprint density at radius 1 is 1.15 bits per heavy atom. The van der Waals surface area contributed by atoms with Crippen LogP contribution in [0.15, 0.2) is 23.1 Å². The molecular formula is C15H24N2O2S. The van der Waals surface area contributed by atoms with E-state index in [4.69, 9.17) is 5.73 Å². The van der Waals surface area contributed by atoms with E-state index in [-0.39, 0.29) is 4.90 Å². The van der Waals surface area contributed by atoms with E-state index < -0.39 is 9.84 Å². The Labute approximate surface area is 121 Å². The summed E-state index contributed by atoms with van der Waals surface area (Å²) >= 11 is 0. The molecule has 112 valence electrons. The molecule has 20 heavy (non-hydrogen) atoms. The average molecular weight is 296 g/mol. The van der Waals surface area contributed by atoms with E-state index in [9.17, 15) is 8.42 Å². The van der Waals surface area contributed by atoms with Crippen LogP contribution in [0.2, 0.25) is 0 Å². The van der Waals surface area contributed by atoms with Crippen LogP contribution in [0, 0.1) is 0 Å². The molecule has 0 atom stereocenters. The predicted molar refractivity (Wildman–Crippen MR) is 83.9 cm³/mol. The summed E-state index contributed by atoms with van der Waals surface area (Å²) in [4.78, 5) is 2.50. The summed E-state index contributed by atoms with van der Waals surface area (Å²) < 4.78 is 23.1. The second-order valence-corrected chi connectivity index (χ2v) is 7.76. The molecule has 1 aromatic carbocycles. The molecule has 1 aromatic rings. The van der Waals surface area contributed by atoms with Crippen molar-refractivity contribution < 1.29 is 8.42 Å². The van der Waals surface area contributed by atoms with E-state index >= 15 is 0 Å². The van der Waals surface area contributed by atoms with E-state index in [2.05, 4.69) is 11.9 Å². The highest BCUT2D eigenvalue weighted by molar-refractivity contribution is 7.90. The quantitative estimate of drug-likeness (QED) is 0.688. The van der Waals surface area contributed by atoms with Gasteiger partial charge in [0.2, 0.25) is 0 Å². The van der Waals surface area contributed by atoms with Gasteiger partial charge in [-0.15, -0.1) is 0 Å². The van der Waals surface area contributed by atoms with Gasteiger partial charge in [0.1, 0.15) is 0 Å². The molecular weight excluding hydrogens is 272 g/mol. The first kappa shape index (κ1) is 15.2. The molecule has 1 aliphatic rings. The molecule has 2 N–H and O–H groups in total. The molecule has 0 radical (unpaired) electrons. The maximum Gasteiger partial charge on any atom is 0.175 e. The molecule has 0 saturated heterocycles. The zero-order valence-corrected chi connectivity index (χ0v) is 13.1. The van der Waals surface area contributed by atoms with Gasteiger partial charge in [0.05, 0.1) is 16.3 Å². The van der Waals surface area contributed by atoms with E-state index in [1.807, 2.05) is 6.07 Å². The molecule has 0 spiro atoms. The van der Waals surface area contributed by atoms with Crippen molar-refractivity contribution >= 4 is 21.2 Å². The molecule has 0 aromatic heterocycles. The molecule has 0 unspecified atom stereocenters. The van der Waals surface area contributed by atoms with Gasteiger partial charge >= 0.3 is 0 Å². The van der Waals surface area contributed by atoms with Crippen LogP contribution in [-0.4, -0.2) is 27.8 Å². The van der Waals surface area contributed by atoms with Crippen LogP contribution in [0.1, 0.15) is 38.5 Å². The second kappa shape index (κ2) is 6.04. The van der Waals surface area contributed by atoms with E-state index in [0.29, 0.717) is 11.7 Å². The second-order valence-electron chi connectivity index (χ2n) is 5.75. The molecule has 0 bridgehead atoms. The Morgan fingerprint density at radius 2 is 1.75 bits per heavy atom. The lowest BCUT2D eigenvalue weighted by Gasteiger charge is -2.30. The van der Waals surface area contributed by atoms with Crippen molar-refractivity contribution in [2.75, 3.05) is 23.9 Å². The van der Waals surface area contributed by atoms with Gasteiger partial charge in [-0.2, -0.15) is 0 Å². The summed E-state index contributed by atoms with van der Waals surface area (Å²) in [7, 11) is -1.14. The summed E-state index contributed by atoms with van der Waals surface area (Å²) in [5.74, 6) is 0. The predicted octanol–water partition coefficient (Wildman–Crippen LogP) is 2.83. The van der Waals surface area contributed by atoms with Crippen molar-refractivity contribution in [3.8, 4) is 0 Å². The zero-order valence-electron chi connectivity index (χ0n) is 12.3. The number of hydrogen-bond acceptors (Lipinski definition) is 4. The molecule has 2 rings (SSSR count). The first-order valence-corrected chi connectivity index (χ1v) is 9.11. The Balaban J connectivity index is 2.23. The highest BCUT2D eigenvalue weighted by atomic mass is 32.2. The zero-order chi connectivity index (χ0) is 14.8. The van der Waals surface area contributed by atoms with E-state index in [1.165, 1.54) is 44.8 Å². The van der Waals surface area contributed by atoms with Crippen molar-refractivity contribution in [3.63, 3.8) is 0 Å². The van der Waals surface area contributed by atoms with Crippen LogP contribution >= 0.6 is 0 Å². The summed E-state index contributed by atoms with van der Waals surface area (Å²) in [6.45, 7) is 0. The number of nitrogens with two attached hydrogens (primary N) is 1.